The van der Waals surface area contributed by atoms with Crippen LogP contribution in [-0.2, 0) is 9.53 Å². The minimum absolute atomic E-state index is 0.193. The van der Waals surface area contributed by atoms with Gasteiger partial charge in [0.1, 0.15) is 12.1 Å². The van der Waals surface area contributed by atoms with Gasteiger partial charge in [0.2, 0.25) is 0 Å². The van der Waals surface area contributed by atoms with Crippen molar-refractivity contribution < 1.29 is 14.3 Å². The lowest BCUT2D eigenvalue weighted by Crippen LogP contribution is -2.13. The van der Waals surface area contributed by atoms with Crippen LogP contribution in [0.25, 0.3) is 0 Å². The van der Waals surface area contributed by atoms with Gasteiger partial charge in [0.25, 0.3) is 0 Å². The highest BCUT2D eigenvalue weighted by atomic mass is 32.2. The quantitative estimate of drug-likeness (QED) is 0.510. The molecule has 0 spiro atoms. The van der Waals surface area contributed by atoms with Crippen LogP contribution in [0, 0.1) is 0 Å². The van der Waals surface area contributed by atoms with Crippen molar-refractivity contribution in [3.05, 3.63) is 24.4 Å². The second-order valence-electron chi connectivity index (χ2n) is 2.93. The summed E-state index contributed by atoms with van der Waals surface area (Å²) in [5, 5.41) is 3.12. The standard InChI is InChI=1S/C11H13N3O3S/c1-2-17-11(16)14-10(18-8-7-15)13-9-5-3-4-6-12-9/h3-7H,2,8H2,1H3,(H,12,13,14,16). The SMILES string of the molecule is CCOC(=O)/N=C(/Nc1ccccn1)SCC=O. The van der Waals surface area contributed by atoms with Crippen molar-refractivity contribution in [3.8, 4) is 0 Å². The summed E-state index contributed by atoms with van der Waals surface area (Å²) in [6.45, 7) is 1.94. The second kappa shape index (κ2) is 8.24. The maximum atomic E-state index is 11.2. The number of amidine groups is 1. The molecule has 0 aromatic carbocycles. The van der Waals surface area contributed by atoms with E-state index >= 15 is 0 Å². The molecular weight excluding hydrogens is 254 g/mol. The van der Waals surface area contributed by atoms with Gasteiger partial charge in [0.15, 0.2) is 5.17 Å². The van der Waals surface area contributed by atoms with Crippen LogP contribution in [-0.4, -0.2) is 34.9 Å². The normalized spacial score (nSPS) is 10.8. The van der Waals surface area contributed by atoms with Crippen LogP contribution in [0.15, 0.2) is 29.4 Å². The third-order valence-electron chi connectivity index (χ3n) is 1.65. The van der Waals surface area contributed by atoms with E-state index in [1.54, 1.807) is 31.3 Å². The van der Waals surface area contributed by atoms with Gasteiger partial charge in [-0.1, -0.05) is 17.8 Å². The number of amides is 1. The van der Waals surface area contributed by atoms with Crippen molar-refractivity contribution in [1.29, 1.82) is 0 Å². The lowest BCUT2D eigenvalue weighted by atomic mass is 10.5. The van der Waals surface area contributed by atoms with Crippen molar-refractivity contribution in [2.45, 2.75) is 6.92 Å². The topological polar surface area (TPSA) is 80.7 Å². The van der Waals surface area contributed by atoms with E-state index in [4.69, 9.17) is 4.74 Å². The Morgan fingerprint density at radius 3 is 3.06 bits per heavy atom. The number of aldehydes is 1. The zero-order valence-electron chi connectivity index (χ0n) is 9.83. The van der Waals surface area contributed by atoms with Gasteiger partial charge in [-0.3, -0.25) is 0 Å². The molecule has 0 unspecified atom stereocenters. The summed E-state index contributed by atoms with van der Waals surface area (Å²) in [6.07, 6.45) is 1.63. The number of carbonyl (C=O) groups excluding carboxylic acids is 2. The van der Waals surface area contributed by atoms with E-state index in [9.17, 15) is 9.59 Å². The average Bonchev–Trinajstić information content (AvgIpc) is 2.37. The van der Waals surface area contributed by atoms with Gasteiger partial charge < -0.3 is 14.8 Å². The van der Waals surface area contributed by atoms with Gasteiger partial charge in [-0.05, 0) is 19.1 Å². The Kier molecular flexibility index (Phi) is 6.49. The highest BCUT2D eigenvalue weighted by molar-refractivity contribution is 8.14. The zero-order chi connectivity index (χ0) is 13.2. The van der Waals surface area contributed by atoms with Gasteiger partial charge in [-0.2, -0.15) is 4.99 Å². The first-order chi connectivity index (χ1) is 8.76. The molecule has 0 aliphatic heterocycles. The van der Waals surface area contributed by atoms with Crippen molar-refractivity contribution in [2.24, 2.45) is 4.99 Å². The molecule has 0 fully saturated rings. The molecule has 0 atom stereocenters. The second-order valence-corrected chi connectivity index (χ2v) is 3.94. The molecule has 0 bridgehead atoms. The summed E-state index contributed by atoms with van der Waals surface area (Å²) >= 11 is 1.10. The van der Waals surface area contributed by atoms with E-state index in [-0.39, 0.29) is 17.5 Å². The van der Waals surface area contributed by atoms with Crippen LogP contribution in [0.3, 0.4) is 0 Å². The number of thioether (sulfide) groups is 1. The Labute approximate surface area is 109 Å². The summed E-state index contributed by atoms with van der Waals surface area (Å²) in [5.41, 5.74) is 0. The van der Waals surface area contributed by atoms with E-state index in [1.165, 1.54) is 0 Å². The van der Waals surface area contributed by atoms with Crippen molar-refractivity contribution in [1.82, 2.24) is 4.98 Å². The fraction of sp³-hybridized carbons (Fsp3) is 0.273. The molecule has 0 aliphatic rings. The fourth-order valence-corrected chi connectivity index (χ4v) is 1.54. The molecule has 0 aliphatic carbocycles. The maximum absolute atomic E-state index is 11.2. The van der Waals surface area contributed by atoms with Gasteiger partial charge in [0, 0.05) is 6.20 Å². The van der Waals surface area contributed by atoms with E-state index in [1.807, 2.05) is 0 Å². The number of ether oxygens (including phenoxy) is 1. The number of aliphatic imine (C=N–C) groups is 1. The van der Waals surface area contributed by atoms with Crippen molar-refractivity contribution in [2.75, 3.05) is 17.7 Å². The number of nitrogens with one attached hydrogen (secondary N) is 1. The number of anilines is 1. The van der Waals surface area contributed by atoms with E-state index in [2.05, 4.69) is 15.3 Å². The molecule has 6 nitrogen and oxygen atoms in total. The number of aromatic nitrogens is 1. The molecule has 1 N–H and O–H groups in total. The highest BCUT2D eigenvalue weighted by Crippen LogP contribution is 2.08. The zero-order valence-corrected chi connectivity index (χ0v) is 10.6. The van der Waals surface area contributed by atoms with Crippen LogP contribution in [0.5, 0.6) is 0 Å². The monoisotopic (exact) mass is 267 g/mol. The molecule has 1 aromatic heterocycles. The molecule has 0 radical (unpaired) electrons. The predicted octanol–water partition coefficient (Wildman–Crippen LogP) is 1.94. The number of nitrogens with zero attached hydrogens (tertiary/aromatic N) is 2. The minimum atomic E-state index is -0.700. The molecule has 18 heavy (non-hydrogen) atoms. The van der Waals surface area contributed by atoms with Crippen LogP contribution in [0.2, 0.25) is 0 Å². The average molecular weight is 267 g/mol. The molecule has 1 amide bonds. The fourth-order valence-electron chi connectivity index (χ4n) is 0.994. The number of pyridine rings is 1. The van der Waals surface area contributed by atoms with E-state index in [0.29, 0.717) is 5.82 Å². The summed E-state index contributed by atoms with van der Waals surface area (Å²) in [6, 6.07) is 5.29. The summed E-state index contributed by atoms with van der Waals surface area (Å²) in [4.78, 5) is 29.3. The first-order valence-electron chi connectivity index (χ1n) is 5.26. The lowest BCUT2D eigenvalue weighted by molar-refractivity contribution is -0.105. The first kappa shape index (κ1) is 14.2. The third kappa shape index (κ3) is 5.44. The van der Waals surface area contributed by atoms with Crippen LogP contribution in [0.1, 0.15) is 6.92 Å². The predicted molar refractivity (Wildman–Crippen MR) is 70.8 cm³/mol. The molecular formula is C11H13N3O3S. The smallest absolute Gasteiger partial charge is 0.436 e. The number of rotatable bonds is 4. The van der Waals surface area contributed by atoms with Crippen LogP contribution in [0.4, 0.5) is 10.6 Å². The van der Waals surface area contributed by atoms with Gasteiger partial charge >= 0.3 is 6.09 Å². The van der Waals surface area contributed by atoms with Crippen molar-refractivity contribution in [3.63, 3.8) is 0 Å². The molecule has 1 rings (SSSR count). The Bertz CT molecular complexity index is 423. The maximum Gasteiger partial charge on any atom is 0.436 e. The molecule has 0 saturated heterocycles. The molecule has 1 aromatic rings. The van der Waals surface area contributed by atoms with E-state index in [0.717, 1.165) is 18.0 Å². The minimum Gasteiger partial charge on any atom is -0.448 e. The Morgan fingerprint density at radius 1 is 1.61 bits per heavy atom. The Balaban J connectivity index is 2.71. The van der Waals surface area contributed by atoms with Gasteiger partial charge in [-0.15, -0.1) is 0 Å². The molecule has 7 heteroatoms. The largest absolute Gasteiger partial charge is 0.448 e. The summed E-state index contributed by atoms with van der Waals surface area (Å²) < 4.78 is 4.70. The highest BCUT2D eigenvalue weighted by Gasteiger charge is 2.06. The lowest BCUT2D eigenvalue weighted by Gasteiger charge is -2.06. The Morgan fingerprint density at radius 2 is 2.44 bits per heavy atom. The first-order valence-corrected chi connectivity index (χ1v) is 6.24. The van der Waals surface area contributed by atoms with Crippen molar-refractivity contribution >= 4 is 35.1 Å². The summed E-state index contributed by atoms with van der Waals surface area (Å²) in [7, 11) is 0. The molecule has 0 saturated carbocycles. The van der Waals surface area contributed by atoms with Gasteiger partial charge in [0.05, 0.1) is 12.4 Å². The number of hydrogen-bond donors (Lipinski definition) is 1. The molecule has 1 heterocycles. The number of carbonyl (C=O) groups is 2. The van der Waals surface area contributed by atoms with Gasteiger partial charge in [-0.25, -0.2) is 9.78 Å². The third-order valence-corrected chi connectivity index (χ3v) is 2.42. The van der Waals surface area contributed by atoms with Crippen LogP contribution < -0.4 is 5.32 Å². The Hall–Kier alpha value is -1.89. The summed E-state index contributed by atoms with van der Waals surface area (Å²) in [5.74, 6) is 0.733. The molecule has 96 valence electrons. The van der Waals surface area contributed by atoms with Crippen LogP contribution >= 0.6 is 11.8 Å². The van der Waals surface area contributed by atoms with E-state index < -0.39 is 6.09 Å². The number of hydrogen-bond acceptors (Lipinski definition) is 5.